The molecule has 0 unspecified atom stereocenters. The molecule has 0 aromatic rings. The molecular formula is C6H9FO3. The van der Waals surface area contributed by atoms with Gasteiger partial charge in [-0.15, -0.1) is 0 Å². The van der Waals surface area contributed by atoms with Gasteiger partial charge < -0.3 is 10.2 Å². The van der Waals surface area contributed by atoms with Crippen LogP contribution in [0.25, 0.3) is 0 Å². The highest BCUT2D eigenvalue weighted by molar-refractivity contribution is 5.53. The third-order valence-corrected chi connectivity index (χ3v) is 0.450. The Bertz CT molecular complexity index is 110. The molecule has 0 heterocycles. The van der Waals surface area contributed by atoms with Crippen molar-refractivity contribution in [3.63, 3.8) is 0 Å². The van der Waals surface area contributed by atoms with Gasteiger partial charge in [0.1, 0.15) is 6.17 Å². The highest BCUT2D eigenvalue weighted by Crippen LogP contribution is 1.88. The van der Waals surface area contributed by atoms with Crippen LogP contribution in [-0.2, 0) is 0 Å². The minimum absolute atomic E-state index is 1.04. The molecule has 0 saturated carbocycles. The van der Waals surface area contributed by atoms with Crippen molar-refractivity contribution in [2.75, 3.05) is 0 Å². The first-order chi connectivity index (χ1) is 4.54. The SMILES string of the molecule is C=CC(F)C=C.O=C(O)O. The molecule has 0 bridgehead atoms. The summed E-state index contributed by atoms with van der Waals surface area (Å²) in [4.78, 5) is 8.56. The molecule has 0 aromatic carbocycles. The van der Waals surface area contributed by atoms with Crippen molar-refractivity contribution in [1.82, 2.24) is 0 Å². The van der Waals surface area contributed by atoms with Gasteiger partial charge in [-0.25, -0.2) is 9.18 Å². The second kappa shape index (κ2) is 7.68. The van der Waals surface area contributed by atoms with E-state index < -0.39 is 12.3 Å². The van der Waals surface area contributed by atoms with Crippen molar-refractivity contribution < 1.29 is 19.4 Å². The van der Waals surface area contributed by atoms with Crippen molar-refractivity contribution in [3.8, 4) is 0 Å². The van der Waals surface area contributed by atoms with Gasteiger partial charge in [0, 0.05) is 0 Å². The number of halogens is 1. The Morgan fingerprint density at radius 1 is 1.40 bits per heavy atom. The van der Waals surface area contributed by atoms with Crippen LogP contribution in [0.4, 0.5) is 9.18 Å². The first-order valence-corrected chi connectivity index (χ1v) is 2.35. The predicted octanol–water partition coefficient (Wildman–Crippen LogP) is 1.92. The van der Waals surface area contributed by atoms with Crippen LogP contribution >= 0.6 is 0 Å². The zero-order valence-corrected chi connectivity index (χ0v) is 5.33. The summed E-state index contributed by atoms with van der Waals surface area (Å²) in [6.45, 7) is 6.37. The van der Waals surface area contributed by atoms with E-state index in [-0.39, 0.29) is 0 Å². The van der Waals surface area contributed by atoms with Crippen LogP contribution < -0.4 is 0 Å². The first kappa shape index (κ1) is 11.5. The molecule has 0 amide bonds. The number of allylic oxidation sites excluding steroid dienone is 2. The molecule has 0 aliphatic heterocycles. The monoisotopic (exact) mass is 148 g/mol. The number of rotatable bonds is 2. The number of carboxylic acid groups (broad SMARTS) is 2. The molecule has 0 rings (SSSR count). The maximum absolute atomic E-state index is 11.6. The van der Waals surface area contributed by atoms with Crippen molar-refractivity contribution >= 4 is 6.16 Å². The quantitative estimate of drug-likeness (QED) is 0.588. The van der Waals surface area contributed by atoms with Gasteiger partial charge in [-0.2, -0.15) is 0 Å². The van der Waals surface area contributed by atoms with E-state index >= 15 is 0 Å². The van der Waals surface area contributed by atoms with E-state index in [0.29, 0.717) is 0 Å². The Morgan fingerprint density at radius 2 is 1.60 bits per heavy atom. The fourth-order valence-corrected chi connectivity index (χ4v) is 0.0962. The Morgan fingerprint density at radius 3 is 1.60 bits per heavy atom. The van der Waals surface area contributed by atoms with Gasteiger partial charge in [-0.05, 0) is 0 Å². The minimum Gasteiger partial charge on any atom is -0.450 e. The highest BCUT2D eigenvalue weighted by Gasteiger charge is 1.84. The van der Waals surface area contributed by atoms with Crippen molar-refractivity contribution in [1.29, 1.82) is 0 Å². The molecule has 2 N–H and O–H groups in total. The average molecular weight is 148 g/mol. The molecular weight excluding hydrogens is 139 g/mol. The molecule has 58 valence electrons. The normalized spacial score (nSPS) is 7.40. The van der Waals surface area contributed by atoms with Crippen molar-refractivity contribution in [3.05, 3.63) is 25.3 Å². The van der Waals surface area contributed by atoms with E-state index in [2.05, 4.69) is 13.2 Å². The largest absolute Gasteiger partial charge is 0.503 e. The number of alkyl halides is 1. The van der Waals surface area contributed by atoms with Crippen LogP contribution in [0.5, 0.6) is 0 Å². The molecule has 0 aliphatic rings. The topological polar surface area (TPSA) is 57.5 Å². The third-order valence-electron chi connectivity index (χ3n) is 0.450. The first-order valence-electron chi connectivity index (χ1n) is 2.35. The van der Waals surface area contributed by atoms with Crippen LogP contribution in [0.15, 0.2) is 25.3 Å². The minimum atomic E-state index is -1.83. The Balaban J connectivity index is 0. The molecule has 0 atom stereocenters. The van der Waals surface area contributed by atoms with E-state index in [9.17, 15) is 4.39 Å². The van der Waals surface area contributed by atoms with Gasteiger partial charge in [-0.3, -0.25) is 0 Å². The lowest BCUT2D eigenvalue weighted by Crippen LogP contribution is -1.82. The molecule has 3 nitrogen and oxygen atoms in total. The number of hydrogen-bond acceptors (Lipinski definition) is 1. The second-order valence-electron chi connectivity index (χ2n) is 1.20. The lowest BCUT2D eigenvalue weighted by Gasteiger charge is -1.83. The van der Waals surface area contributed by atoms with Crippen LogP contribution in [0, 0.1) is 0 Å². The number of carbonyl (C=O) groups is 1. The molecule has 10 heavy (non-hydrogen) atoms. The van der Waals surface area contributed by atoms with Gasteiger partial charge >= 0.3 is 6.16 Å². The van der Waals surface area contributed by atoms with E-state index in [1.165, 1.54) is 12.2 Å². The van der Waals surface area contributed by atoms with Crippen molar-refractivity contribution in [2.45, 2.75) is 6.17 Å². The van der Waals surface area contributed by atoms with Crippen LogP contribution in [0.3, 0.4) is 0 Å². The van der Waals surface area contributed by atoms with E-state index in [1.54, 1.807) is 0 Å². The third kappa shape index (κ3) is 30.0. The van der Waals surface area contributed by atoms with E-state index in [0.717, 1.165) is 0 Å². The highest BCUT2D eigenvalue weighted by atomic mass is 19.1. The molecule has 0 fully saturated rings. The molecule has 4 heteroatoms. The summed E-state index contributed by atoms with van der Waals surface area (Å²) in [7, 11) is 0. The standard InChI is InChI=1S/C5H7F.CH2O3/c1-3-5(6)4-2;2-1(3)4/h3-5H,1-2H2;(H2,2,3,4). The van der Waals surface area contributed by atoms with Crippen LogP contribution in [0.2, 0.25) is 0 Å². The molecule has 0 radical (unpaired) electrons. The lowest BCUT2D eigenvalue weighted by molar-refractivity contribution is 0.137. The zero-order chi connectivity index (χ0) is 8.57. The Hall–Kier alpha value is -1.32. The zero-order valence-electron chi connectivity index (χ0n) is 5.33. The van der Waals surface area contributed by atoms with Gasteiger partial charge in [-0.1, -0.05) is 25.3 Å². The fraction of sp³-hybridized carbons (Fsp3) is 0.167. The summed E-state index contributed by atoms with van der Waals surface area (Å²) in [6.07, 6.45) is -0.495. The van der Waals surface area contributed by atoms with Crippen LogP contribution in [0.1, 0.15) is 0 Å². The summed E-state index contributed by atoms with van der Waals surface area (Å²) in [5, 5.41) is 13.9. The summed E-state index contributed by atoms with van der Waals surface area (Å²) >= 11 is 0. The Kier molecular flexibility index (Phi) is 8.81. The molecule has 0 aromatic heterocycles. The average Bonchev–Trinajstić information content (AvgIpc) is 1.85. The smallest absolute Gasteiger partial charge is 0.450 e. The summed E-state index contributed by atoms with van der Waals surface area (Å²) in [5.41, 5.74) is 0. The van der Waals surface area contributed by atoms with E-state index in [1.807, 2.05) is 0 Å². The van der Waals surface area contributed by atoms with Crippen LogP contribution in [-0.4, -0.2) is 22.5 Å². The molecule has 0 aliphatic carbocycles. The summed E-state index contributed by atoms with van der Waals surface area (Å²) in [5.74, 6) is 0. The summed E-state index contributed by atoms with van der Waals surface area (Å²) in [6, 6.07) is 0. The number of hydrogen-bond donors (Lipinski definition) is 2. The van der Waals surface area contributed by atoms with Gasteiger partial charge in [0.15, 0.2) is 0 Å². The fourth-order valence-electron chi connectivity index (χ4n) is 0.0962. The van der Waals surface area contributed by atoms with Crippen molar-refractivity contribution in [2.24, 2.45) is 0 Å². The maximum Gasteiger partial charge on any atom is 0.503 e. The summed E-state index contributed by atoms with van der Waals surface area (Å²) < 4.78 is 11.6. The Labute approximate surface area is 58.1 Å². The maximum atomic E-state index is 11.6. The molecule has 0 spiro atoms. The lowest BCUT2D eigenvalue weighted by atomic mass is 10.4. The van der Waals surface area contributed by atoms with Gasteiger partial charge in [0.2, 0.25) is 0 Å². The predicted molar refractivity (Wildman–Crippen MR) is 35.9 cm³/mol. The van der Waals surface area contributed by atoms with Gasteiger partial charge in [0.05, 0.1) is 0 Å². The second-order valence-corrected chi connectivity index (χ2v) is 1.20. The molecule has 0 saturated heterocycles. The van der Waals surface area contributed by atoms with E-state index in [4.69, 9.17) is 15.0 Å². The van der Waals surface area contributed by atoms with Gasteiger partial charge in [0.25, 0.3) is 0 Å².